The average molecular weight is 489 g/mol. The van der Waals surface area contributed by atoms with Gasteiger partial charge in [0.1, 0.15) is 0 Å². The number of carbonyl (C=O) groups is 2. The number of benzene rings is 1. The molecule has 2 amide bonds. The summed E-state index contributed by atoms with van der Waals surface area (Å²) >= 11 is 0. The number of amides is 2. The second kappa shape index (κ2) is 15.1. The molecule has 0 spiro atoms. The molecule has 4 atom stereocenters. The summed E-state index contributed by atoms with van der Waals surface area (Å²) in [6.45, 7) is 3.01. The van der Waals surface area contributed by atoms with E-state index in [0.29, 0.717) is 25.6 Å². The molecule has 0 bridgehead atoms. The zero-order chi connectivity index (χ0) is 24.9. The maximum Gasteiger partial charge on any atom is 0.406 e. The van der Waals surface area contributed by atoms with Gasteiger partial charge in [0.25, 0.3) is 0 Å². The van der Waals surface area contributed by atoms with Crippen LogP contribution in [0.5, 0.6) is 0 Å². The number of hydrogen-bond donors (Lipinski definition) is 4. The summed E-state index contributed by atoms with van der Waals surface area (Å²) in [7, 11) is 3.30. The van der Waals surface area contributed by atoms with Crippen LogP contribution in [-0.2, 0) is 14.3 Å². The van der Waals surface area contributed by atoms with Crippen molar-refractivity contribution in [3.63, 3.8) is 0 Å². The maximum absolute atomic E-state index is 13.3. The van der Waals surface area contributed by atoms with Gasteiger partial charge in [-0.25, -0.2) is 4.79 Å². The van der Waals surface area contributed by atoms with E-state index in [0.717, 1.165) is 31.5 Å². The van der Waals surface area contributed by atoms with Crippen LogP contribution in [0.15, 0.2) is 30.3 Å². The first kappa shape index (κ1) is 27.4. The topological polar surface area (TPSA) is 101 Å². The predicted molar refractivity (Wildman–Crippen MR) is 137 cm³/mol. The fraction of sp³-hybridized carbons (Fsp3) is 0.704. The molecule has 2 unspecified atom stereocenters. The van der Waals surface area contributed by atoms with Crippen molar-refractivity contribution in [3.8, 4) is 0 Å². The van der Waals surface area contributed by atoms with Crippen molar-refractivity contribution >= 4 is 12.0 Å². The first-order chi connectivity index (χ1) is 17.1. The molecule has 196 valence electrons. The van der Waals surface area contributed by atoms with Crippen molar-refractivity contribution in [2.75, 3.05) is 46.9 Å². The number of nitrogens with one attached hydrogen (secondary N) is 4. The van der Waals surface area contributed by atoms with Crippen LogP contribution < -0.4 is 21.3 Å². The van der Waals surface area contributed by atoms with Gasteiger partial charge in [0.15, 0.2) is 0 Å². The summed E-state index contributed by atoms with van der Waals surface area (Å²) < 4.78 is 10.9. The molecule has 2 fully saturated rings. The van der Waals surface area contributed by atoms with Crippen molar-refractivity contribution < 1.29 is 19.1 Å². The van der Waals surface area contributed by atoms with Gasteiger partial charge in [-0.3, -0.25) is 4.79 Å². The highest BCUT2D eigenvalue weighted by molar-refractivity contribution is 5.79. The molecule has 1 aliphatic carbocycles. The molecule has 1 aromatic rings. The van der Waals surface area contributed by atoms with E-state index in [1.165, 1.54) is 39.2 Å². The third-order valence-electron chi connectivity index (χ3n) is 7.31. The van der Waals surface area contributed by atoms with Crippen LogP contribution in [0.3, 0.4) is 0 Å². The largest absolute Gasteiger partial charge is 0.453 e. The molecule has 1 aliphatic heterocycles. The number of rotatable bonds is 12. The molecule has 0 aromatic heterocycles. The second-order valence-corrected chi connectivity index (χ2v) is 9.97. The minimum atomic E-state index is -0.467. The molecule has 8 nitrogen and oxygen atoms in total. The Morgan fingerprint density at radius 2 is 1.89 bits per heavy atom. The lowest BCUT2D eigenvalue weighted by atomic mass is 9.82. The summed E-state index contributed by atoms with van der Waals surface area (Å²) in [6, 6.07) is 10.3. The number of ether oxygens (including phenoxy) is 2. The van der Waals surface area contributed by atoms with Crippen LogP contribution in [0.4, 0.5) is 4.79 Å². The third kappa shape index (κ3) is 9.09. The van der Waals surface area contributed by atoms with E-state index in [2.05, 4.69) is 38.1 Å². The fourth-order valence-electron chi connectivity index (χ4n) is 5.55. The highest BCUT2D eigenvalue weighted by Crippen LogP contribution is 2.33. The van der Waals surface area contributed by atoms with Gasteiger partial charge in [0, 0.05) is 38.1 Å². The van der Waals surface area contributed by atoms with Gasteiger partial charge < -0.3 is 30.7 Å². The van der Waals surface area contributed by atoms with Crippen LogP contribution >= 0.6 is 0 Å². The van der Waals surface area contributed by atoms with E-state index in [4.69, 9.17) is 4.74 Å². The Labute approximate surface area is 210 Å². The highest BCUT2D eigenvalue weighted by Gasteiger charge is 2.34. The standard InChI is InChI=1S/C27H44N4O4/c1-28-19-24(15-20-9-5-3-6-10-20)31-26(32)23-16-22(17-29-18-23)25(21-11-7-4-8-12-21)35-14-13-30-27(33)34-2/h4,7-8,11-12,20,22-25,28-29H,3,5-6,9-10,13-19H2,1-2H3,(H,30,33)(H,31,32)/t22?,23?,24-,25+/m1/s1. The van der Waals surface area contributed by atoms with Crippen LogP contribution in [0.25, 0.3) is 0 Å². The van der Waals surface area contributed by atoms with E-state index < -0.39 is 6.09 Å². The molecule has 8 heteroatoms. The zero-order valence-electron chi connectivity index (χ0n) is 21.4. The summed E-state index contributed by atoms with van der Waals surface area (Å²) in [5, 5.41) is 12.8. The number of alkyl carbamates (subject to hydrolysis) is 1. The Morgan fingerprint density at radius 1 is 1.11 bits per heavy atom. The Balaban J connectivity index is 1.59. The van der Waals surface area contributed by atoms with E-state index in [-0.39, 0.29) is 29.9 Å². The minimum Gasteiger partial charge on any atom is -0.453 e. The third-order valence-corrected chi connectivity index (χ3v) is 7.31. The molecule has 35 heavy (non-hydrogen) atoms. The quantitative estimate of drug-likeness (QED) is 0.338. The molecule has 1 saturated heterocycles. The van der Waals surface area contributed by atoms with Gasteiger partial charge in [-0.1, -0.05) is 62.4 Å². The second-order valence-electron chi connectivity index (χ2n) is 9.97. The molecule has 1 aromatic carbocycles. The Morgan fingerprint density at radius 3 is 2.60 bits per heavy atom. The summed E-state index contributed by atoms with van der Waals surface area (Å²) in [5.41, 5.74) is 1.09. The number of carbonyl (C=O) groups excluding carboxylic acids is 2. The van der Waals surface area contributed by atoms with Gasteiger partial charge in [-0.2, -0.15) is 0 Å². The van der Waals surface area contributed by atoms with Crippen molar-refractivity contribution in [1.29, 1.82) is 0 Å². The first-order valence-electron chi connectivity index (χ1n) is 13.2. The van der Waals surface area contributed by atoms with Crippen molar-refractivity contribution in [2.24, 2.45) is 17.8 Å². The van der Waals surface area contributed by atoms with Gasteiger partial charge in [0.05, 0.1) is 25.7 Å². The normalized spacial score (nSPS) is 22.7. The summed E-state index contributed by atoms with van der Waals surface area (Å²) in [4.78, 5) is 24.7. The smallest absolute Gasteiger partial charge is 0.406 e. The molecule has 1 heterocycles. The van der Waals surface area contributed by atoms with Gasteiger partial charge >= 0.3 is 6.09 Å². The molecular formula is C27H44N4O4. The number of methoxy groups -OCH3 is 1. The highest BCUT2D eigenvalue weighted by atomic mass is 16.5. The van der Waals surface area contributed by atoms with E-state index >= 15 is 0 Å². The Kier molecular flexibility index (Phi) is 11.8. The Hall–Kier alpha value is -2.16. The van der Waals surface area contributed by atoms with Crippen molar-refractivity contribution in [3.05, 3.63) is 35.9 Å². The van der Waals surface area contributed by atoms with E-state index in [9.17, 15) is 9.59 Å². The minimum absolute atomic E-state index is 0.0949. The molecular weight excluding hydrogens is 444 g/mol. The SMILES string of the molecule is CNC[C@@H](CC1CCCCC1)NC(=O)C1CNCC([C@@H](OCCNC(=O)OC)c2ccccc2)C1. The first-order valence-corrected chi connectivity index (χ1v) is 13.2. The van der Waals surface area contributed by atoms with Crippen LogP contribution in [0, 0.1) is 17.8 Å². The zero-order valence-corrected chi connectivity index (χ0v) is 21.4. The lowest BCUT2D eigenvalue weighted by molar-refractivity contribution is -0.127. The van der Waals surface area contributed by atoms with Crippen molar-refractivity contribution in [2.45, 2.75) is 57.1 Å². The van der Waals surface area contributed by atoms with Crippen LogP contribution in [-0.4, -0.2) is 65.0 Å². The number of piperidine rings is 1. The van der Waals surface area contributed by atoms with Gasteiger partial charge in [0.2, 0.25) is 5.91 Å². The molecule has 4 N–H and O–H groups in total. The Bertz CT molecular complexity index is 757. The van der Waals surface area contributed by atoms with Gasteiger partial charge in [-0.05, 0) is 31.4 Å². The summed E-state index contributed by atoms with van der Waals surface area (Å²) in [5.74, 6) is 0.912. The molecule has 1 saturated carbocycles. The lowest BCUT2D eigenvalue weighted by Gasteiger charge is -2.36. The van der Waals surface area contributed by atoms with Crippen molar-refractivity contribution in [1.82, 2.24) is 21.3 Å². The fourth-order valence-corrected chi connectivity index (χ4v) is 5.55. The monoisotopic (exact) mass is 488 g/mol. The summed E-state index contributed by atoms with van der Waals surface area (Å²) in [6.07, 6.45) is 7.73. The van der Waals surface area contributed by atoms with Crippen LogP contribution in [0.1, 0.15) is 56.6 Å². The molecule has 2 aliphatic rings. The lowest BCUT2D eigenvalue weighted by Crippen LogP contribution is -2.50. The van der Waals surface area contributed by atoms with E-state index in [1.54, 1.807) is 0 Å². The van der Waals surface area contributed by atoms with Crippen LogP contribution in [0.2, 0.25) is 0 Å². The number of likely N-dealkylation sites (N-methyl/N-ethyl adjacent to an activating group) is 1. The average Bonchev–Trinajstić information content (AvgIpc) is 2.89. The molecule has 3 rings (SSSR count). The van der Waals surface area contributed by atoms with E-state index in [1.807, 2.05) is 25.2 Å². The maximum atomic E-state index is 13.3. The molecule has 0 radical (unpaired) electrons. The van der Waals surface area contributed by atoms with Gasteiger partial charge in [-0.15, -0.1) is 0 Å². The number of hydrogen-bond acceptors (Lipinski definition) is 6. The predicted octanol–water partition coefficient (Wildman–Crippen LogP) is 3.00.